The lowest BCUT2D eigenvalue weighted by atomic mass is 9.49. The van der Waals surface area contributed by atoms with Crippen molar-refractivity contribution in [2.24, 2.45) is 23.2 Å². The summed E-state index contributed by atoms with van der Waals surface area (Å²) in [6.45, 7) is 1.97. The summed E-state index contributed by atoms with van der Waals surface area (Å²) in [5, 5.41) is 16.6. The summed E-state index contributed by atoms with van der Waals surface area (Å²) in [7, 11) is 0. The molecular weight excluding hydrogens is 362 g/mol. The molecule has 4 fully saturated rings. The van der Waals surface area contributed by atoms with Gasteiger partial charge >= 0.3 is 0 Å². The van der Waals surface area contributed by atoms with Crippen LogP contribution in [-0.2, 0) is 4.79 Å². The topological polar surface area (TPSA) is 74.2 Å². The quantitative estimate of drug-likeness (QED) is 0.672. The van der Waals surface area contributed by atoms with E-state index in [9.17, 15) is 9.90 Å². The smallest absolute Gasteiger partial charge is 0.224 e. The number of fused-ring (bicyclic) bond motifs is 1. The maximum absolute atomic E-state index is 13.0. The SMILES string of the molecule is CC(CO)Nc1ccc2c(NC(=O)CC34CC5CC(CC(C5)C3)C4)cccc2n1. The molecule has 1 aromatic carbocycles. The first-order valence-corrected chi connectivity index (χ1v) is 11.1. The molecule has 6 rings (SSSR count). The number of amides is 1. The van der Waals surface area contributed by atoms with Crippen LogP contribution in [0.15, 0.2) is 30.3 Å². The number of hydrogen-bond acceptors (Lipinski definition) is 4. The van der Waals surface area contributed by atoms with Crippen LogP contribution in [0.5, 0.6) is 0 Å². The molecule has 1 heterocycles. The Morgan fingerprint density at radius 3 is 2.48 bits per heavy atom. The third kappa shape index (κ3) is 3.73. The highest BCUT2D eigenvalue weighted by Crippen LogP contribution is 2.61. The van der Waals surface area contributed by atoms with E-state index in [1.807, 2.05) is 37.3 Å². The first kappa shape index (κ1) is 18.9. The number of hydrogen-bond donors (Lipinski definition) is 3. The fraction of sp³-hybridized carbons (Fsp3) is 0.583. The van der Waals surface area contributed by atoms with Gasteiger partial charge in [-0.3, -0.25) is 4.79 Å². The van der Waals surface area contributed by atoms with Crippen molar-refractivity contribution in [3.63, 3.8) is 0 Å². The van der Waals surface area contributed by atoms with Crippen LogP contribution in [0, 0.1) is 23.2 Å². The van der Waals surface area contributed by atoms with Crippen LogP contribution in [0.25, 0.3) is 10.9 Å². The first-order chi connectivity index (χ1) is 14.0. The molecule has 1 aromatic heterocycles. The van der Waals surface area contributed by atoms with Crippen LogP contribution in [0.4, 0.5) is 11.5 Å². The highest BCUT2D eigenvalue weighted by atomic mass is 16.3. The zero-order chi connectivity index (χ0) is 20.0. The molecule has 4 aliphatic carbocycles. The van der Waals surface area contributed by atoms with E-state index in [0.29, 0.717) is 6.42 Å². The minimum Gasteiger partial charge on any atom is -0.394 e. The second-order valence-corrected chi connectivity index (χ2v) is 9.94. The minimum atomic E-state index is -0.0527. The summed E-state index contributed by atoms with van der Waals surface area (Å²) in [5.74, 6) is 3.47. The van der Waals surface area contributed by atoms with Gasteiger partial charge < -0.3 is 15.7 Å². The Hall–Kier alpha value is -2.14. The predicted octanol–water partition coefficient (Wildman–Crippen LogP) is 4.57. The van der Waals surface area contributed by atoms with Crippen molar-refractivity contribution >= 4 is 28.3 Å². The van der Waals surface area contributed by atoms with Crippen LogP contribution < -0.4 is 10.6 Å². The van der Waals surface area contributed by atoms with Crippen LogP contribution >= 0.6 is 0 Å². The van der Waals surface area contributed by atoms with Gasteiger partial charge in [-0.1, -0.05) is 6.07 Å². The zero-order valence-electron chi connectivity index (χ0n) is 17.2. The number of nitrogens with zero attached hydrogens (tertiary/aromatic N) is 1. The second-order valence-electron chi connectivity index (χ2n) is 9.94. The monoisotopic (exact) mass is 393 g/mol. The Labute approximate surface area is 172 Å². The Bertz CT molecular complexity index is 890. The average Bonchev–Trinajstić information content (AvgIpc) is 2.66. The molecule has 0 radical (unpaired) electrons. The average molecular weight is 394 g/mol. The Kier molecular flexibility index (Phi) is 4.73. The number of nitrogens with one attached hydrogen (secondary N) is 2. The van der Waals surface area contributed by atoms with Gasteiger partial charge in [0.1, 0.15) is 5.82 Å². The maximum Gasteiger partial charge on any atom is 0.224 e. The van der Waals surface area contributed by atoms with E-state index in [0.717, 1.165) is 40.2 Å². The van der Waals surface area contributed by atoms with Crippen LogP contribution in [0.1, 0.15) is 51.9 Å². The molecule has 29 heavy (non-hydrogen) atoms. The standard InChI is InChI=1S/C24H31N3O2/c1-15(14-28)25-22-6-5-19-20(26-22)3-2-4-21(19)27-23(29)13-24-10-16-7-17(11-24)9-18(8-16)12-24/h2-6,15-18,28H,7-14H2,1H3,(H,25,26)(H,27,29). The zero-order valence-corrected chi connectivity index (χ0v) is 17.2. The molecule has 4 aliphatic rings. The van der Waals surface area contributed by atoms with E-state index in [1.165, 1.54) is 38.5 Å². The van der Waals surface area contributed by atoms with E-state index in [2.05, 4.69) is 15.6 Å². The predicted molar refractivity (Wildman–Crippen MR) is 116 cm³/mol. The van der Waals surface area contributed by atoms with Crippen molar-refractivity contribution in [1.82, 2.24) is 4.98 Å². The molecule has 1 amide bonds. The van der Waals surface area contributed by atoms with Gasteiger partial charge in [0.2, 0.25) is 5.91 Å². The van der Waals surface area contributed by atoms with Gasteiger partial charge in [-0.15, -0.1) is 0 Å². The second kappa shape index (κ2) is 7.28. The van der Waals surface area contributed by atoms with E-state index in [1.54, 1.807) is 0 Å². The largest absolute Gasteiger partial charge is 0.394 e. The van der Waals surface area contributed by atoms with Crippen molar-refractivity contribution in [2.75, 3.05) is 17.2 Å². The van der Waals surface area contributed by atoms with Gasteiger partial charge in [-0.2, -0.15) is 0 Å². The Morgan fingerprint density at radius 2 is 1.83 bits per heavy atom. The van der Waals surface area contributed by atoms with E-state index in [-0.39, 0.29) is 24.0 Å². The lowest BCUT2D eigenvalue weighted by Crippen LogP contribution is -2.47. The van der Waals surface area contributed by atoms with E-state index < -0.39 is 0 Å². The van der Waals surface area contributed by atoms with Crippen molar-refractivity contribution < 1.29 is 9.90 Å². The van der Waals surface area contributed by atoms with Crippen LogP contribution in [0.2, 0.25) is 0 Å². The molecule has 5 heteroatoms. The van der Waals surface area contributed by atoms with Gasteiger partial charge in [-0.05, 0) is 92.9 Å². The molecule has 154 valence electrons. The number of pyridine rings is 1. The van der Waals surface area contributed by atoms with Gasteiger partial charge in [0.15, 0.2) is 0 Å². The number of aromatic nitrogens is 1. The van der Waals surface area contributed by atoms with Crippen LogP contribution in [-0.4, -0.2) is 28.6 Å². The molecule has 4 saturated carbocycles. The molecule has 5 nitrogen and oxygen atoms in total. The van der Waals surface area contributed by atoms with Crippen molar-refractivity contribution in [3.8, 4) is 0 Å². The number of carbonyl (C=O) groups is 1. The van der Waals surface area contributed by atoms with Crippen molar-refractivity contribution in [3.05, 3.63) is 30.3 Å². The Balaban J connectivity index is 1.32. The summed E-state index contributed by atoms with van der Waals surface area (Å²) < 4.78 is 0. The number of carbonyl (C=O) groups excluding carboxylic acids is 1. The van der Waals surface area contributed by atoms with Crippen molar-refractivity contribution in [2.45, 2.75) is 57.9 Å². The van der Waals surface area contributed by atoms with Gasteiger partial charge in [0.05, 0.1) is 17.8 Å². The minimum absolute atomic E-state index is 0.0527. The molecule has 3 N–H and O–H groups in total. The number of benzene rings is 1. The third-order valence-electron chi connectivity index (χ3n) is 7.37. The number of rotatable bonds is 6. The molecule has 2 aromatic rings. The molecule has 0 spiro atoms. The molecule has 1 atom stereocenters. The molecular formula is C24H31N3O2. The molecule has 4 bridgehead atoms. The number of anilines is 2. The maximum atomic E-state index is 13.0. The van der Waals surface area contributed by atoms with Crippen LogP contribution in [0.3, 0.4) is 0 Å². The summed E-state index contributed by atoms with van der Waals surface area (Å²) in [4.78, 5) is 17.7. The Morgan fingerprint density at radius 1 is 1.14 bits per heavy atom. The molecule has 1 unspecified atom stereocenters. The van der Waals surface area contributed by atoms with E-state index >= 15 is 0 Å². The fourth-order valence-electron chi connectivity index (χ4n) is 6.68. The summed E-state index contributed by atoms with van der Waals surface area (Å²) >= 11 is 0. The number of aliphatic hydroxyl groups excluding tert-OH is 1. The lowest BCUT2D eigenvalue weighted by molar-refractivity contribution is -0.124. The molecule has 0 aliphatic heterocycles. The first-order valence-electron chi connectivity index (χ1n) is 11.1. The molecule has 0 saturated heterocycles. The highest BCUT2D eigenvalue weighted by Gasteiger charge is 2.51. The van der Waals surface area contributed by atoms with Gasteiger partial charge in [-0.25, -0.2) is 4.98 Å². The summed E-state index contributed by atoms with van der Waals surface area (Å²) in [6.07, 6.45) is 8.63. The summed E-state index contributed by atoms with van der Waals surface area (Å²) in [6, 6.07) is 9.71. The van der Waals surface area contributed by atoms with Crippen molar-refractivity contribution in [1.29, 1.82) is 0 Å². The normalized spacial score (nSPS) is 31.0. The summed E-state index contributed by atoms with van der Waals surface area (Å²) in [5.41, 5.74) is 1.93. The van der Waals surface area contributed by atoms with Gasteiger partial charge in [0, 0.05) is 17.8 Å². The van der Waals surface area contributed by atoms with Gasteiger partial charge in [0.25, 0.3) is 0 Å². The lowest BCUT2D eigenvalue weighted by Gasteiger charge is -2.56. The third-order valence-corrected chi connectivity index (χ3v) is 7.37. The highest BCUT2D eigenvalue weighted by molar-refractivity contribution is 6.01. The number of aliphatic hydroxyl groups is 1. The fourth-order valence-corrected chi connectivity index (χ4v) is 6.68. The van der Waals surface area contributed by atoms with E-state index in [4.69, 9.17) is 0 Å².